The van der Waals surface area contributed by atoms with E-state index in [1.807, 2.05) is 0 Å². The number of nitrogens with zero attached hydrogens (tertiary/aromatic N) is 8. The molecule has 1 fully saturated rings. The Hall–Kier alpha value is -4.19. The van der Waals surface area contributed by atoms with Crippen molar-refractivity contribution >= 4 is 27.8 Å². The summed E-state index contributed by atoms with van der Waals surface area (Å²) in [5.41, 5.74) is 8.08. The zero-order valence-corrected chi connectivity index (χ0v) is 18.0. The second-order valence-electron chi connectivity index (χ2n) is 8.28. The molecule has 1 aliphatic rings. The van der Waals surface area contributed by atoms with Crippen LogP contribution in [0.25, 0.3) is 33.2 Å². The molecule has 0 radical (unpaired) electrons. The number of benzene rings is 1. The number of aliphatic hydroxyl groups excluding tert-OH is 1. The Morgan fingerprint density at radius 1 is 1.24 bits per heavy atom. The fraction of sp³-hybridized carbons (Fsp3) is 0.273. The van der Waals surface area contributed by atoms with Crippen LogP contribution in [0.4, 0.5) is 10.2 Å². The zero-order valence-electron chi connectivity index (χ0n) is 18.0. The smallest absolute Gasteiger partial charge is 0.261 e. The van der Waals surface area contributed by atoms with E-state index < -0.39 is 5.82 Å². The summed E-state index contributed by atoms with van der Waals surface area (Å²) in [6.07, 6.45) is 6.48. The Kier molecular flexibility index (Phi) is 4.62. The van der Waals surface area contributed by atoms with Gasteiger partial charge in [0.1, 0.15) is 36.0 Å². The van der Waals surface area contributed by atoms with Gasteiger partial charge in [0.2, 0.25) is 0 Å². The van der Waals surface area contributed by atoms with Gasteiger partial charge in [-0.2, -0.15) is 10.2 Å². The Bertz CT molecular complexity index is 1620. The third-order valence-corrected chi connectivity index (χ3v) is 5.93. The molecular weight excluding hydrogens is 441 g/mol. The molecule has 0 amide bonds. The predicted molar refractivity (Wildman–Crippen MR) is 121 cm³/mol. The van der Waals surface area contributed by atoms with E-state index in [0.29, 0.717) is 40.2 Å². The summed E-state index contributed by atoms with van der Waals surface area (Å²) in [4.78, 5) is 26.4. The van der Waals surface area contributed by atoms with Crippen molar-refractivity contribution in [3.63, 3.8) is 0 Å². The fourth-order valence-corrected chi connectivity index (χ4v) is 4.23. The van der Waals surface area contributed by atoms with Crippen LogP contribution in [0, 0.1) is 5.82 Å². The largest absolute Gasteiger partial charge is 0.394 e. The molecule has 1 aromatic carbocycles. The maximum absolute atomic E-state index is 13.8. The Labute approximate surface area is 191 Å². The third-order valence-electron chi connectivity index (χ3n) is 5.93. The first kappa shape index (κ1) is 20.4. The standard InChI is InChI=1S/C22H20FN9O2/c23-13-1-4-16-15(7-13)22(34)32(14-2-3-14)17(28-16)10-31-21-18(20(24)25-11-26-21)19(29-31)12-8-27-30(9-12)5-6-33/h1,4,7-9,11,14,33H,2-3,5-6,10H2,(H2,24,25,26). The minimum absolute atomic E-state index is 0.0281. The number of aliphatic hydroxyl groups is 1. The van der Waals surface area contributed by atoms with Gasteiger partial charge in [-0.05, 0) is 31.0 Å². The maximum atomic E-state index is 13.8. The van der Waals surface area contributed by atoms with E-state index >= 15 is 0 Å². The fourth-order valence-electron chi connectivity index (χ4n) is 4.23. The van der Waals surface area contributed by atoms with Crippen molar-refractivity contribution in [1.82, 2.24) is 39.1 Å². The summed E-state index contributed by atoms with van der Waals surface area (Å²) in [6.45, 7) is 0.467. The van der Waals surface area contributed by atoms with Gasteiger partial charge in [-0.25, -0.2) is 24.0 Å². The molecule has 4 heterocycles. The first-order valence-corrected chi connectivity index (χ1v) is 10.8. The first-order valence-electron chi connectivity index (χ1n) is 10.8. The maximum Gasteiger partial charge on any atom is 0.261 e. The van der Waals surface area contributed by atoms with Crippen LogP contribution < -0.4 is 11.3 Å². The molecule has 4 aromatic heterocycles. The van der Waals surface area contributed by atoms with Crippen LogP contribution in [0.2, 0.25) is 0 Å². The van der Waals surface area contributed by atoms with Crippen molar-refractivity contribution < 1.29 is 9.50 Å². The zero-order chi connectivity index (χ0) is 23.4. The highest BCUT2D eigenvalue weighted by atomic mass is 19.1. The van der Waals surface area contributed by atoms with Crippen molar-refractivity contribution in [2.45, 2.75) is 32.0 Å². The summed E-state index contributed by atoms with van der Waals surface area (Å²) in [7, 11) is 0. The highest BCUT2D eigenvalue weighted by Crippen LogP contribution is 2.35. The van der Waals surface area contributed by atoms with E-state index in [1.54, 1.807) is 26.3 Å². The molecule has 1 saturated carbocycles. The summed E-state index contributed by atoms with van der Waals surface area (Å²) in [5, 5.41) is 19.0. The molecule has 3 N–H and O–H groups in total. The Morgan fingerprint density at radius 3 is 2.88 bits per heavy atom. The molecule has 172 valence electrons. The molecule has 6 rings (SSSR count). The van der Waals surface area contributed by atoms with E-state index in [1.165, 1.54) is 24.5 Å². The number of anilines is 1. The van der Waals surface area contributed by atoms with Gasteiger partial charge in [-0.3, -0.25) is 14.0 Å². The number of nitrogen functional groups attached to an aromatic ring is 1. The van der Waals surface area contributed by atoms with Gasteiger partial charge in [0.15, 0.2) is 5.65 Å². The predicted octanol–water partition coefficient (Wildman–Crippen LogP) is 1.50. The van der Waals surface area contributed by atoms with Crippen LogP contribution in [-0.4, -0.2) is 50.8 Å². The van der Waals surface area contributed by atoms with E-state index in [9.17, 15) is 14.3 Å². The van der Waals surface area contributed by atoms with Crippen LogP contribution >= 0.6 is 0 Å². The first-order chi connectivity index (χ1) is 16.5. The van der Waals surface area contributed by atoms with Gasteiger partial charge in [-0.1, -0.05) is 0 Å². The van der Waals surface area contributed by atoms with E-state index in [2.05, 4.69) is 20.1 Å². The van der Waals surface area contributed by atoms with Crippen molar-refractivity contribution in [2.24, 2.45) is 0 Å². The monoisotopic (exact) mass is 461 g/mol. The minimum Gasteiger partial charge on any atom is -0.394 e. The van der Waals surface area contributed by atoms with E-state index in [4.69, 9.17) is 10.8 Å². The van der Waals surface area contributed by atoms with Gasteiger partial charge in [0, 0.05) is 17.8 Å². The SMILES string of the molecule is Nc1ncnc2c1c(-c1cnn(CCO)c1)nn2Cc1nc2ccc(F)cc2c(=O)n1C1CC1. The summed E-state index contributed by atoms with van der Waals surface area (Å²) in [5.74, 6) is 0.302. The number of aromatic nitrogens is 8. The number of halogens is 1. The molecule has 0 atom stereocenters. The van der Waals surface area contributed by atoms with Gasteiger partial charge >= 0.3 is 0 Å². The molecule has 0 unspecified atom stereocenters. The highest BCUT2D eigenvalue weighted by molar-refractivity contribution is 5.98. The number of rotatable bonds is 6. The lowest BCUT2D eigenvalue weighted by Crippen LogP contribution is -2.26. The molecule has 0 aliphatic heterocycles. The second kappa shape index (κ2) is 7.70. The van der Waals surface area contributed by atoms with Gasteiger partial charge in [0.05, 0.1) is 35.6 Å². The van der Waals surface area contributed by atoms with Crippen molar-refractivity contribution in [3.8, 4) is 11.3 Å². The van der Waals surface area contributed by atoms with Gasteiger partial charge in [-0.15, -0.1) is 0 Å². The topological polar surface area (TPSA) is 143 Å². The van der Waals surface area contributed by atoms with Crippen LogP contribution in [-0.2, 0) is 13.1 Å². The summed E-state index contributed by atoms with van der Waals surface area (Å²) >= 11 is 0. The highest BCUT2D eigenvalue weighted by Gasteiger charge is 2.29. The molecular formula is C22H20FN9O2. The summed E-state index contributed by atoms with van der Waals surface area (Å²) in [6, 6.07) is 4.06. The Morgan fingerprint density at radius 2 is 2.09 bits per heavy atom. The molecule has 0 spiro atoms. The molecule has 12 heteroatoms. The van der Waals surface area contributed by atoms with Crippen LogP contribution in [0.15, 0.2) is 41.7 Å². The number of fused-ring (bicyclic) bond motifs is 2. The third kappa shape index (κ3) is 3.30. The van der Waals surface area contributed by atoms with Crippen molar-refractivity contribution in [1.29, 1.82) is 0 Å². The van der Waals surface area contributed by atoms with Crippen molar-refractivity contribution in [2.75, 3.05) is 12.3 Å². The molecule has 11 nitrogen and oxygen atoms in total. The van der Waals surface area contributed by atoms with E-state index in [0.717, 1.165) is 12.8 Å². The second-order valence-corrected chi connectivity index (χ2v) is 8.28. The lowest BCUT2D eigenvalue weighted by molar-refractivity contribution is 0.269. The molecule has 0 bridgehead atoms. The average molecular weight is 461 g/mol. The number of hydrogen-bond donors (Lipinski definition) is 2. The number of hydrogen-bond acceptors (Lipinski definition) is 8. The quantitative estimate of drug-likeness (QED) is 0.387. The Balaban J connectivity index is 1.52. The minimum atomic E-state index is -0.474. The molecule has 34 heavy (non-hydrogen) atoms. The van der Waals surface area contributed by atoms with Gasteiger partial charge < -0.3 is 10.8 Å². The molecule has 0 saturated heterocycles. The lowest BCUT2D eigenvalue weighted by atomic mass is 10.2. The van der Waals surface area contributed by atoms with Crippen LogP contribution in [0.3, 0.4) is 0 Å². The van der Waals surface area contributed by atoms with Gasteiger partial charge in [0.25, 0.3) is 5.56 Å². The number of nitrogens with two attached hydrogens (primary N) is 1. The average Bonchev–Trinajstić information content (AvgIpc) is 3.42. The molecule has 1 aliphatic carbocycles. The van der Waals surface area contributed by atoms with E-state index in [-0.39, 0.29) is 36.0 Å². The normalized spacial score (nSPS) is 13.8. The lowest BCUT2D eigenvalue weighted by Gasteiger charge is -2.13. The van der Waals surface area contributed by atoms with Crippen LogP contribution in [0.1, 0.15) is 24.7 Å². The summed E-state index contributed by atoms with van der Waals surface area (Å²) < 4.78 is 18.7. The van der Waals surface area contributed by atoms with Crippen LogP contribution in [0.5, 0.6) is 0 Å². The van der Waals surface area contributed by atoms with Crippen molar-refractivity contribution in [3.05, 3.63) is 58.9 Å². The molecule has 5 aromatic rings.